The van der Waals surface area contributed by atoms with Crippen molar-refractivity contribution in [3.8, 4) is 34.4 Å². The van der Waals surface area contributed by atoms with Crippen LogP contribution in [0.2, 0.25) is 0 Å². The molecule has 1 aromatic heterocycles. The van der Waals surface area contributed by atoms with Gasteiger partial charge in [-0.15, -0.1) is 5.10 Å². The standard InChI is InChI=1S/C26H28N4O5/c1-5-35-17-11-9-15(10-12-17)23-22-18(7-6-8-19(22)31)27-26-28-25(29-30(23)26)16-13-20(32-2)24(34-4)21(14-16)33-3/h9-14,23H,5-8H2,1-4H3,(H,27,28,29)/t23-/m0/s1. The lowest BCUT2D eigenvalue weighted by Gasteiger charge is -2.32. The molecule has 0 fully saturated rings. The van der Waals surface area contributed by atoms with E-state index in [1.807, 2.05) is 43.3 Å². The molecule has 5 rings (SSSR count). The number of rotatable bonds is 7. The highest BCUT2D eigenvalue weighted by atomic mass is 16.5. The van der Waals surface area contributed by atoms with Crippen molar-refractivity contribution in [1.29, 1.82) is 0 Å². The van der Waals surface area contributed by atoms with Crippen LogP contribution >= 0.6 is 0 Å². The van der Waals surface area contributed by atoms with Gasteiger partial charge in [-0.1, -0.05) is 12.1 Å². The van der Waals surface area contributed by atoms with E-state index in [-0.39, 0.29) is 11.8 Å². The van der Waals surface area contributed by atoms with Crippen molar-refractivity contribution in [2.24, 2.45) is 0 Å². The van der Waals surface area contributed by atoms with E-state index in [9.17, 15) is 4.79 Å². The molecule has 1 N–H and O–H groups in total. The minimum Gasteiger partial charge on any atom is -0.494 e. The lowest BCUT2D eigenvalue weighted by molar-refractivity contribution is -0.116. The number of ether oxygens (including phenoxy) is 4. The zero-order valence-corrected chi connectivity index (χ0v) is 20.3. The van der Waals surface area contributed by atoms with Crippen LogP contribution in [0.4, 0.5) is 5.95 Å². The Bertz CT molecular complexity index is 1270. The smallest absolute Gasteiger partial charge is 0.226 e. The number of allylic oxidation sites excluding steroid dienone is 2. The van der Waals surface area contributed by atoms with E-state index in [1.165, 1.54) is 0 Å². The Labute approximate surface area is 203 Å². The highest BCUT2D eigenvalue weighted by Crippen LogP contribution is 2.43. The molecule has 0 saturated heterocycles. The molecular weight excluding hydrogens is 448 g/mol. The summed E-state index contributed by atoms with van der Waals surface area (Å²) in [5.41, 5.74) is 3.31. The summed E-state index contributed by atoms with van der Waals surface area (Å²) in [5, 5.41) is 8.21. The van der Waals surface area contributed by atoms with Crippen LogP contribution in [0.25, 0.3) is 11.4 Å². The lowest BCUT2D eigenvalue weighted by atomic mass is 9.85. The van der Waals surface area contributed by atoms with Crippen LogP contribution in [-0.2, 0) is 4.79 Å². The Kier molecular flexibility index (Phi) is 6.07. The highest BCUT2D eigenvalue weighted by molar-refractivity contribution is 5.99. The average Bonchev–Trinajstić information content (AvgIpc) is 3.31. The largest absolute Gasteiger partial charge is 0.494 e. The number of hydrogen-bond acceptors (Lipinski definition) is 8. The van der Waals surface area contributed by atoms with Gasteiger partial charge in [0, 0.05) is 23.3 Å². The van der Waals surface area contributed by atoms with Crippen molar-refractivity contribution in [2.75, 3.05) is 33.3 Å². The predicted octanol–water partition coefficient (Wildman–Crippen LogP) is 4.39. The molecule has 9 nitrogen and oxygen atoms in total. The first kappa shape index (κ1) is 22.8. The van der Waals surface area contributed by atoms with Crippen LogP contribution in [-0.4, -0.2) is 48.5 Å². The second-order valence-corrected chi connectivity index (χ2v) is 8.32. The number of Topliss-reactive ketones (excluding diaryl/α,β-unsaturated/α-hetero) is 1. The van der Waals surface area contributed by atoms with Crippen LogP contribution in [0.5, 0.6) is 23.0 Å². The number of fused-ring (bicyclic) bond motifs is 1. The molecule has 9 heteroatoms. The minimum atomic E-state index is -0.381. The number of nitrogens with zero attached hydrogens (tertiary/aromatic N) is 3. The van der Waals surface area contributed by atoms with Crippen molar-refractivity contribution in [1.82, 2.24) is 14.8 Å². The molecule has 1 atom stereocenters. The normalized spacial score (nSPS) is 16.8. The van der Waals surface area contributed by atoms with Gasteiger partial charge in [0.25, 0.3) is 0 Å². The topological polar surface area (TPSA) is 96.7 Å². The summed E-state index contributed by atoms with van der Waals surface area (Å²) in [6.07, 6.45) is 2.13. The molecule has 2 heterocycles. The van der Waals surface area contributed by atoms with Gasteiger partial charge in [-0.3, -0.25) is 4.79 Å². The van der Waals surface area contributed by atoms with Gasteiger partial charge >= 0.3 is 0 Å². The second kappa shape index (κ2) is 9.32. The summed E-state index contributed by atoms with van der Waals surface area (Å²) < 4.78 is 23.9. The quantitative estimate of drug-likeness (QED) is 0.536. The summed E-state index contributed by atoms with van der Waals surface area (Å²) in [7, 11) is 4.70. The van der Waals surface area contributed by atoms with E-state index in [1.54, 1.807) is 26.0 Å². The van der Waals surface area contributed by atoms with Crippen molar-refractivity contribution in [2.45, 2.75) is 32.2 Å². The van der Waals surface area contributed by atoms with Crippen LogP contribution in [0, 0.1) is 0 Å². The van der Waals surface area contributed by atoms with E-state index in [2.05, 4.69) is 5.32 Å². The van der Waals surface area contributed by atoms with E-state index in [4.69, 9.17) is 29.0 Å². The van der Waals surface area contributed by atoms with Gasteiger partial charge in [0.2, 0.25) is 11.7 Å². The van der Waals surface area contributed by atoms with Crippen molar-refractivity contribution in [3.63, 3.8) is 0 Å². The SMILES string of the molecule is CCOc1ccc([C@H]2C3=C(CCCC3=O)Nc3nc(-c4cc(OC)c(OC)c(OC)c4)nn32)cc1. The first-order valence-corrected chi connectivity index (χ1v) is 11.6. The Balaban J connectivity index is 1.63. The number of aromatic nitrogens is 3. The van der Waals surface area contributed by atoms with Gasteiger partial charge < -0.3 is 24.3 Å². The number of hydrogen-bond donors (Lipinski definition) is 1. The molecule has 182 valence electrons. The third kappa shape index (κ3) is 3.96. The van der Waals surface area contributed by atoms with Crippen molar-refractivity contribution in [3.05, 3.63) is 53.2 Å². The number of carbonyl (C=O) groups is 1. The molecule has 1 aliphatic heterocycles. The number of anilines is 1. The molecule has 0 saturated carbocycles. The van der Waals surface area contributed by atoms with Crippen LogP contribution in [0.15, 0.2) is 47.7 Å². The van der Waals surface area contributed by atoms with Gasteiger partial charge in [-0.05, 0) is 49.6 Å². The molecular formula is C26H28N4O5. The molecule has 35 heavy (non-hydrogen) atoms. The van der Waals surface area contributed by atoms with E-state index < -0.39 is 0 Å². The maximum absolute atomic E-state index is 13.1. The monoisotopic (exact) mass is 476 g/mol. The number of benzene rings is 2. The molecule has 0 radical (unpaired) electrons. The summed E-state index contributed by atoms with van der Waals surface area (Å²) in [6, 6.07) is 11.1. The first-order chi connectivity index (χ1) is 17.1. The summed E-state index contributed by atoms with van der Waals surface area (Å²) in [4.78, 5) is 17.9. The number of methoxy groups -OCH3 is 3. The molecule has 2 aliphatic rings. The molecule has 0 unspecified atom stereocenters. The van der Waals surface area contributed by atoms with Gasteiger partial charge in [0.15, 0.2) is 23.1 Å². The Morgan fingerprint density at radius 2 is 1.74 bits per heavy atom. The number of ketones is 1. The van der Waals surface area contributed by atoms with Gasteiger partial charge in [-0.2, -0.15) is 4.98 Å². The fourth-order valence-electron chi connectivity index (χ4n) is 4.71. The van der Waals surface area contributed by atoms with Gasteiger partial charge in [0.05, 0.1) is 27.9 Å². The molecule has 2 aromatic carbocycles. The Morgan fingerprint density at radius 1 is 1.03 bits per heavy atom. The van der Waals surface area contributed by atoms with Crippen molar-refractivity contribution < 1.29 is 23.7 Å². The highest BCUT2D eigenvalue weighted by Gasteiger charge is 2.37. The number of carbonyl (C=O) groups excluding carboxylic acids is 1. The number of nitrogens with one attached hydrogen (secondary N) is 1. The van der Waals surface area contributed by atoms with E-state index >= 15 is 0 Å². The maximum atomic E-state index is 13.1. The lowest BCUT2D eigenvalue weighted by Crippen LogP contribution is -2.31. The Morgan fingerprint density at radius 3 is 2.37 bits per heavy atom. The van der Waals surface area contributed by atoms with Gasteiger partial charge in [0.1, 0.15) is 11.8 Å². The Hall–Kier alpha value is -4.01. The third-order valence-electron chi connectivity index (χ3n) is 6.30. The molecule has 3 aromatic rings. The molecule has 1 aliphatic carbocycles. The summed E-state index contributed by atoms with van der Waals surface area (Å²) >= 11 is 0. The van der Waals surface area contributed by atoms with Crippen LogP contribution in [0.1, 0.15) is 37.8 Å². The van der Waals surface area contributed by atoms with Crippen LogP contribution in [0.3, 0.4) is 0 Å². The summed E-state index contributed by atoms with van der Waals surface area (Å²) in [5.74, 6) is 3.50. The van der Waals surface area contributed by atoms with Gasteiger partial charge in [-0.25, -0.2) is 4.68 Å². The summed E-state index contributed by atoms with van der Waals surface area (Å²) in [6.45, 7) is 2.54. The van der Waals surface area contributed by atoms with Crippen molar-refractivity contribution >= 4 is 11.7 Å². The predicted molar refractivity (Wildman–Crippen MR) is 130 cm³/mol. The maximum Gasteiger partial charge on any atom is 0.226 e. The molecule has 0 amide bonds. The fraction of sp³-hybridized carbons (Fsp3) is 0.346. The average molecular weight is 477 g/mol. The zero-order valence-electron chi connectivity index (χ0n) is 20.3. The molecule has 0 bridgehead atoms. The third-order valence-corrected chi connectivity index (χ3v) is 6.30. The second-order valence-electron chi connectivity index (χ2n) is 8.32. The van der Waals surface area contributed by atoms with E-state index in [0.29, 0.717) is 47.6 Å². The minimum absolute atomic E-state index is 0.133. The van der Waals surface area contributed by atoms with E-state index in [0.717, 1.165) is 35.4 Å². The first-order valence-electron chi connectivity index (χ1n) is 11.6. The fourth-order valence-corrected chi connectivity index (χ4v) is 4.71. The zero-order chi connectivity index (χ0) is 24.5. The molecule has 0 spiro atoms. The van der Waals surface area contributed by atoms with Crippen LogP contribution < -0.4 is 24.3 Å².